The normalized spacial score (nSPS) is 14.0. The van der Waals surface area contributed by atoms with Crippen molar-refractivity contribution in [2.24, 2.45) is 0 Å². The Kier molecular flexibility index (Phi) is 7.59. The second-order valence-electron chi connectivity index (χ2n) is 6.17. The highest BCUT2D eigenvalue weighted by molar-refractivity contribution is 7.85. The molecule has 7 heteroatoms. The first-order valence-electron chi connectivity index (χ1n) is 8.48. The number of hydrogen-bond donors (Lipinski definition) is 3. The molecule has 0 spiro atoms. The third kappa shape index (κ3) is 7.13. The maximum Gasteiger partial charge on any atom is 0.264 e. The molecule has 0 saturated heterocycles. The van der Waals surface area contributed by atoms with E-state index < -0.39 is 16.2 Å². The summed E-state index contributed by atoms with van der Waals surface area (Å²) in [5.74, 6) is 0.426. The van der Waals surface area contributed by atoms with Crippen molar-refractivity contribution >= 4 is 10.1 Å². The van der Waals surface area contributed by atoms with Gasteiger partial charge in [-0.25, -0.2) is 0 Å². The number of benzene rings is 2. The van der Waals surface area contributed by atoms with Crippen LogP contribution in [0.3, 0.4) is 0 Å². The molecule has 142 valence electrons. The Labute approximate surface area is 154 Å². The molecule has 0 aromatic heterocycles. The molecule has 6 nitrogen and oxygen atoms in total. The first-order valence-corrected chi connectivity index (χ1v) is 10.1. The Bertz CT molecular complexity index is 762. The minimum absolute atomic E-state index is 0.257. The molecule has 2 rings (SSSR count). The molecule has 0 radical (unpaired) electrons. The zero-order valence-corrected chi connectivity index (χ0v) is 15.5. The second-order valence-corrected chi connectivity index (χ2v) is 7.74. The van der Waals surface area contributed by atoms with Crippen LogP contribution in [0.1, 0.15) is 30.6 Å². The van der Waals surface area contributed by atoms with Crippen molar-refractivity contribution < 1.29 is 22.8 Å². The molecule has 3 N–H and O–H groups in total. The number of hydrogen-bond acceptors (Lipinski definition) is 5. The highest BCUT2D eigenvalue weighted by Gasteiger charge is 2.16. The summed E-state index contributed by atoms with van der Waals surface area (Å²) >= 11 is 0. The Morgan fingerprint density at radius 1 is 1.08 bits per heavy atom. The van der Waals surface area contributed by atoms with Gasteiger partial charge in [0, 0.05) is 6.04 Å². The average Bonchev–Trinajstić information content (AvgIpc) is 2.63. The van der Waals surface area contributed by atoms with Gasteiger partial charge in [0.2, 0.25) is 0 Å². The predicted octanol–water partition coefficient (Wildman–Crippen LogP) is 2.56. The van der Waals surface area contributed by atoms with Gasteiger partial charge in [-0.3, -0.25) is 4.55 Å². The Morgan fingerprint density at radius 2 is 1.73 bits per heavy atom. The summed E-state index contributed by atoms with van der Waals surface area (Å²) in [5, 5.41) is 13.4. The van der Waals surface area contributed by atoms with Crippen LogP contribution in [0.25, 0.3) is 0 Å². The molecule has 2 atom stereocenters. The van der Waals surface area contributed by atoms with Gasteiger partial charge >= 0.3 is 0 Å². The molecule has 2 aromatic rings. The lowest BCUT2D eigenvalue weighted by Crippen LogP contribution is -2.33. The summed E-state index contributed by atoms with van der Waals surface area (Å²) in [6, 6.07) is 16.8. The molecule has 0 heterocycles. The molecule has 0 aliphatic heterocycles. The van der Waals surface area contributed by atoms with Crippen LogP contribution >= 0.6 is 0 Å². The fourth-order valence-corrected chi connectivity index (χ4v) is 3.00. The number of aliphatic hydroxyl groups excluding tert-OH is 1. The second kappa shape index (κ2) is 9.68. The fraction of sp³-hybridized carbons (Fsp3) is 0.368. The minimum atomic E-state index is -3.94. The third-order valence-electron chi connectivity index (χ3n) is 3.99. The Hall–Kier alpha value is -1.93. The molecular weight excluding hydrogens is 354 g/mol. The van der Waals surface area contributed by atoms with Crippen molar-refractivity contribution in [2.75, 3.05) is 12.3 Å². The monoisotopic (exact) mass is 379 g/mol. The fourth-order valence-electron chi connectivity index (χ4n) is 2.49. The van der Waals surface area contributed by atoms with E-state index in [0.29, 0.717) is 13.2 Å². The molecule has 0 amide bonds. The van der Waals surface area contributed by atoms with E-state index in [1.54, 1.807) is 12.1 Å². The van der Waals surface area contributed by atoms with Crippen molar-refractivity contribution in [3.05, 3.63) is 65.7 Å². The van der Waals surface area contributed by atoms with Crippen molar-refractivity contribution in [1.29, 1.82) is 0 Å². The van der Waals surface area contributed by atoms with Crippen molar-refractivity contribution in [3.63, 3.8) is 0 Å². The van der Waals surface area contributed by atoms with Crippen LogP contribution in [-0.2, 0) is 16.7 Å². The van der Waals surface area contributed by atoms with E-state index in [-0.39, 0.29) is 18.2 Å². The van der Waals surface area contributed by atoms with Crippen LogP contribution in [-0.4, -0.2) is 36.4 Å². The van der Waals surface area contributed by atoms with Crippen LogP contribution in [0.2, 0.25) is 0 Å². The van der Waals surface area contributed by atoms with E-state index in [4.69, 9.17) is 9.29 Å². The molecule has 0 aliphatic carbocycles. The number of aliphatic hydroxyl groups is 1. The highest BCUT2D eigenvalue weighted by atomic mass is 32.2. The summed E-state index contributed by atoms with van der Waals surface area (Å²) < 4.78 is 35.8. The van der Waals surface area contributed by atoms with Gasteiger partial charge in [0.25, 0.3) is 10.1 Å². The molecular formula is C19H25NO5S. The Balaban J connectivity index is 1.80. The summed E-state index contributed by atoms with van der Waals surface area (Å²) in [4.78, 5) is 0. The topological polar surface area (TPSA) is 95.9 Å². The SMILES string of the molecule is CC(NCCCS(=O)(=O)O)C(O)c1ccc(OCc2ccccc2)cc1. The van der Waals surface area contributed by atoms with E-state index in [2.05, 4.69) is 5.32 Å². The first kappa shape index (κ1) is 20.4. The van der Waals surface area contributed by atoms with Crippen molar-refractivity contribution in [1.82, 2.24) is 5.32 Å². The third-order valence-corrected chi connectivity index (χ3v) is 4.79. The zero-order valence-electron chi connectivity index (χ0n) is 14.7. The van der Waals surface area contributed by atoms with E-state index in [0.717, 1.165) is 16.9 Å². The van der Waals surface area contributed by atoms with Crippen LogP contribution in [0.5, 0.6) is 5.75 Å². The van der Waals surface area contributed by atoms with Gasteiger partial charge in [-0.05, 0) is 43.1 Å². The number of ether oxygens (including phenoxy) is 1. The summed E-state index contributed by atoms with van der Waals surface area (Å²) in [5.41, 5.74) is 1.83. The maximum atomic E-state index is 10.7. The summed E-state index contributed by atoms with van der Waals surface area (Å²) in [6.07, 6.45) is -0.453. The molecule has 2 unspecified atom stereocenters. The van der Waals surface area contributed by atoms with Crippen molar-refractivity contribution in [3.8, 4) is 5.75 Å². The highest BCUT2D eigenvalue weighted by Crippen LogP contribution is 2.21. The van der Waals surface area contributed by atoms with Gasteiger partial charge in [-0.15, -0.1) is 0 Å². The van der Waals surface area contributed by atoms with Gasteiger partial charge in [-0.2, -0.15) is 8.42 Å². The van der Waals surface area contributed by atoms with Crippen LogP contribution in [0, 0.1) is 0 Å². The standard InChI is InChI=1S/C19H25NO5S/c1-15(20-12-5-13-26(22,23)24)19(21)17-8-10-18(11-9-17)25-14-16-6-3-2-4-7-16/h2-4,6-11,15,19-21H,5,12-14H2,1H3,(H,22,23,24). The largest absolute Gasteiger partial charge is 0.489 e. The van der Waals surface area contributed by atoms with E-state index >= 15 is 0 Å². The van der Waals surface area contributed by atoms with Crippen LogP contribution < -0.4 is 10.1 Å². The van der Waals surface area contributed by atoms with E-state index in [1.807, 2.05) is 49.4 Å². The molecule has 0 aliphatic rings. The molecule has 0 bridgehead atoms. The first-order chi connectivity index (χ1) is 12.3. The maximum absolute atomic E-state index is 10.7. The van der Waals surface area contributed by atoms with Gasteiger partial charge in [-0.1, -0.05) is 42.5 Å². The van der Waals surface area contributed by atoms with Gasteiger partial charge in [0.15, 0.2) is 0 Å². The summed E-state index contributed by atoms with van der Waals surface area (Å²) in [7, 11) is -3.94. The Morgan fingerprint density at radius 3 is 2.35 bits per heavy atom. The van der Waals surface area contributed by atoms with E-state index in [1.165, 1.54) is 0 Å². The smallest absolute Gasteiger partial charge is 0.264 e. The quantitative estimate of drug-likeness (QED) is 0.434. The van der Waals surface area contributed by atoms with Crippen LogP contribution in [0.4, 0.5) is 0 Å². The van der Waals surface area contributed by atoms with Gasteiger partial charge in [0.1, 0.15) is 12.4 Å². The van der Waals surface area contributed by atoms with Crippen molar-refractivity contribution in [2.45, 2.75) is 32.1 Å². The molecule has 2 aromatic carbocycles. The molecule has 0 fully saturated rings. The lowest BCUT2D eigenvalue weighted by Gasteiger charge is -2.21. The number of rotatable bonds is 10. The minimum Gasteiger partial charge on any atom is -0.489 e. The number of nitrogens with one attached hydrogen (secondary N) is 1. The predicted molar refractivity (Wildman–Crippen MR) is 101 cm³/mol. The van der Waals surface area contributed by atoms with E-state index in [9.17, 15) is 13.5 Å². The molecule has 0 saturated carbocycles. The lowest BCUT2D eigenvalue weighted by atomic mass is 10.0. The average molecular weight is 379 g/mol. The summed E-state index contributed by atoms with van der Waals surface area (Å²) in [6.45, 7) is 2.68. The van der Waals surface area contributed by atoms with Gasteiger partial charge < -0.3 is 15.2 Å². The van der Waals surface area contributed by atoms with Gasteiger partial charge in [0.05, 0.1) is 11.9 Å². The zero-order chi connectivity index (χ0) is 19.0. The van der Waals surface area contributed by atoms with Crippen LogP contribution in [0.15, 0.2) is 54.6 Å². The molecule has 26 heavy (non-hydrogen) atoms. The lowest BCUT2D eigenvalue weighted by molar-refractivity contribution is 0.136.